The van der Waals surface area contributed by atoms with Gasteiger partial charge in [0, 0.05) is 0 Å². The van der Waals surface area contributed by atoms with E-state index in [-0.39, 0.29) is 0 Å². The molecule has 0 fully saturated rings. The third-order valence-electron chi connectivity index (χ3n) is 1.49. The van der Waals surface area contributed by atoms with Gasteiger partial charge in [-0.2, -0.15) is 0 Å². The van der Waals surface area contributed by atoms with E-state index in [1.807, 2.05) is 31.2 Å². The number of alkyl halides is 1. The zero-order valence-corrected chi connectivity index (χ0v) is 7.89. The molecule has 68 valence electrons. The molecule has 0 aliphatic rings. The molecule has 0 rings (SSSR count). The van der Waals surface area contributed by atoms with Gasteiger partial charge in [0.2, 0.25) is 0 Å². The van der Waals surface area contributed by atoms with Crippen molar-refractivity contribution in [3.8, 4) is 0 Å². The van der Waals surface area contributed by atoms with E-state index in [0.717, 1.165) is 6.42 Å². The predicted molar refractivity (Wildman–Crippen MR) is 51.9 cm³/mol. The summed E-state index contributed by atoms with van der Waals surface area (Å²) in [5.41, 5.74) is 2.97. The minimum atomic E-state index is -0.690. The Labute approximate surface area is 74.5 Å². The monoisotopic (exact) mass is 168 g/mol. The van der Waals surface area contributed by atoms with E-state index in [2.05, 4.69) is 12.7 Å². The highest BCUT2D eigenvalue weighted by molar-refractivity contribution is 5.02. The molecular formula is C11H17F. The fourth-order valence-corrected chi connectivity index (χ4v) is 0.702. The predicted octanol–water partition coefficient (Wildman–Crippen LogP) is 3.80. The van der Waals surface area contributed by atoms with Crippen LogP contribution in [-0.2, 0) is 0 Å². The van der Waals surface area contributed by atoms with Gasteiger partial charge in [-0.05, 0) is 31.4 Å². The second-order valence-electron chi connectivity index (χ2n) is 2.62. The van der Waals surface area contributed by atoms with Gasteiger partial charge >= 0.3 is 0 Å². The number of hydrogen-bond acceptors (Lipinski definition) is 0. The van der Waals surface area contributed by atoms with Gasteiger partial charge < -0.3 is 0 Å². The van der Waals surface area contributed by atoms with Gasteiger partial charge in [-0.25, -0.2) is 4.39 Å². The van der Waals surface area contributed by atoms with Gasteiger partial charge in [-0.15, -0.1) is 5.73 Å². The van der Waals surface area contributed by atoms with Gasteiger partial charge in [-0.3, -0.25) is 0 Å². The van der Waals surface area contributed by atoms with Gasteiger partial charge in [0.25, 0.3) is 0 Å². The molecule has 1 atom stereocenters. The summed E-state index contributed by atoms with van der Waals surface area (Å²) in [5.74, 6) is 0. The lowest BCUT2D eigenvalue weighted by Gasteiger charge is -1.96. The van der Waals surface area contributed by atoms with Crippen molar-refractivity contribution in [2.45, 2.75) is 39.3 Å². The van der Waals surface area contributed by atoms with Crippen LogP contribution in [0, 0.1) is 0 Å². The third kappa shape index (κ3) is 7.30. The van der Waals surface area contributed by atoms with Gasteiger partial charge in [-0.1, -0.05) is 26.0 Å². The fourth-order valence-electron chi connectivity index (χ4n) is 0.702. The lowest BCUT2D eigenvalue weighted by atomic mass is 10.2. The van der Waals surface area contributed by atoms with Crippen LogP contribution in [0.1, 0.15) is 33.1 Å². The van der Waals surface area contributed by atoms with Crippen LogP contribution in [0.4, 0.5) is 4.39 Å². The average molecular weight is 168 g/mol. The molecule has 1 heteroatoms. The zero-order chi connectivity index (χ0) is 9.23. The van der Waals surface area contributed by atoms with Crippen molar-refractivity contribution < 1.29 is 4.39 Å². The summed E-state index contributed by atoms with van der Waals surface area (Å²) in [4.78, 5) is 0. The van der Waals surface area contributed by atoms with Crippen molar-refractivity contribution in [1.82, 2.24) is 0 Å². The van der Waals surface area contributed by atoms with Gasteiger partial charge in [0.05, 0.1) is 0 Å². The Kier molecular flexibility index (Phi) is 7.73. The molecule has 0 N–H and O–H groups in total. The van der Waals surface area contributed by atoms with E-state index in [1.54, 1.807) is 0 Å². The Balaban J connectivity index is 3.56. The van der Waals surface area contributed by atoms with Crippen LogP contribution in [0.2, 0.25) is 0 Å². The highest BCUT2D eigenvalue weighted by Crippen LogP contribution is 2.02. The molecule has 0 aliphatic carbocycles. The summed E-state index contributed by atoms with van der Waals surface area (Å²) in [7, 11) is 0. The molecule has 1 unspecified atom stereocenters. The average Bonchev–Trinajstić information content (AvgIpc) is 2.10. The Bertz CT molecular complexity index is 173. The molecule has 0 aromatic heterocycles. The van der Waals surface area contributed by atoms with Crippen LogP contribution in [0.25, 0.3) is 0 Å². The molecule has 0 saturated carbocycles. The third-order valence-corrected chi connectivity index (χ3v) is 1.49. The lowest BCUT2D eigenvalue weighted by molar-refractivity contribution is 0.327. The second-order valence-corrected chi connectivity index (χ2v) is 2.62. The van der Waals surface area contributed by atoms with Crippen LogP contribution in [0.5, 0.6) is 0 Å². The SMILES string of the molecule is CCC=C=C/C=C\CC(F)CC. The highest BCUT2D eigenvalue weighted by atomic mass is 19.1. The minimum absolute atomic E-state index is 0.515. The van der Waals surface area contributed by atoms with Crippen LogP contribution in [-0.4, -0.2) is 6.17 Å². The quantitative estimate of drug-likeness (QED) is 0.432. The summed E-state index contributed by atoms with van der Waals surface area (Å²) < 4.78 is 12.6. The first kappa shape index (κ1) is 11.2. The van der Waals surface area contributed by atoms with Gasteiger partial charge in [0.1, 0.15) is 6.17 Å². The summed E-state index contributed by atoms with van der Waals surface area (Å²) in [6, 6.07) is 0. The number of hydrogen-bond donors (Lipinski definition) is 0. The molecule has 0 amide bonds. The molecule has 0 bridgehead atoms. The largest absolute Gasteiger partial charge is 0.247 e. The topological polar surface area (TPSA) is 0 Å². The number of halogens is 1. The highest BCUT2D eigenvalue weighted by Gasteiger charge is 1.96. The van der Waals surface area contributed by atoms with E-state index in [9.17, 15) is 4.39 Å². The molecule has 0 aromatic carbocycles. The van der Waals surface area contributed by atoms with Crippen molar-refractivity contribution in [2.24, 2.45) is 0 Å². The molecule has 0 radical (unpaired) electrons. The summed E-state index contributed by atoms with van der Waals surface area (Å²) in [6.07, 6.45) is 8.84. The standard InChI is InChI=1S/C11H17F/c1-3-5-6-7-8-9-10-11(12)4-2/h5,7-9,11H,3-4,10H2,1-2H3/b9-8-. The first-order chi connectivity index (χ1) is 5.81. The van der Waals surface area contributed by atoms with E-state index in [1.165, 1.54) is 0 Å². The van der Waals surface area contributed by atoms with Crippen molar-refractivity contribution in [3.05, 3.63) is 30.0 Å². The smallest absolute Gasteiger partial charge is 0.103 e. The first-order valence-corrected chi connectivity index (χ1v) is 4.51. The Morgan fingerprint density at radius 3 is 2.75 bits per heavy atom. The molecule has 0 aromatic rings. The molecule has 0 heterocycles. The van der Waals surface area contributed by atoms with E-state index >= 15 is 0 Å². The van der Waals surface area contributed by atoms with Gasteiger partial charge in [0.15, 0.2) is 0 Å². The summed E-state index contributed by atoms with van der Waals surface area (Å²) in [6.45, 7) is 3.91. The van der Waals surface area contributed by atoms with Crippen molar-refractivity contribution in [2.75, 3.05) is 0 Å². The Morgan fingerprint density at radius 2 is 2.17 bits per heavy atom. The molecular weight excluding hydrogens is 151 g/mol. The summed E-state index contributed by atoms with van der Waals surface area (Å²) >= 11 is 0. The van der Waals surface area contributed by atoms with E-state index in [0.29, 0.717) is 12.8 Å². The molecule has 0 aliphatic heterocycles. The maximum atomic E-state index is 12.6. The summed E-state index contributed by atoms with van der Waals surface area (Å²) in [5, 5.41) is 0. The zero-order valence-electron chi connectivity index (χ0n) is 7.89. The second kappa shape index (κ2) is 8.29. The number of rotatable bonds is 5. The van der Waals surface area contributed by atoms with Crippen LogP contribution >= 0.6 is 0 Å². The van der Waals surface area contributed by atoms with Crippen LogP contribution in [0.15, 0.2) is 30.0 Å². The van der Waals surface area contributed by atoms with E-state index in [4.69, 9.17) is 0 Å². The fraction of sp³-hybridized carbons (Fsp3) is 0.545. The maximum Gasteiger partial charge on any atom is 0.103 e. The van der Waals surface area contributed by atoms with Crippen molar-refractivity contribution >= 4 is 0 Å². The normalized spacial score (nSPS) is 12.6. The first-order valence-electron chi connectivity index (χ1n) is 4.51. The van der Waals surface area contributed by atoms with E-state index < -0.39 is 6.17 Å². The van der Waals surface area contributed by atoms with Crippen LogP contribution < -0.4 is 0 Å². The number of allylic oxidation sites excluding steroid dienone is 3. The lowest BCUT2D eigenvalue weighted by Crippen LogP contribution is -1.93. The molecule has 12 heavy (non-hydrogen) atoms. The molecule has 0 spiro atoms. The molecule has 0 nitrogen and oxygen atoms in total. The molecule has 0 saturated heterocycles. The van der Waals surface area contributed by atoms with Crippen molar-refractivity contribution in [3.63, 3.8) is 0 Å². The maximum absolute atomic E-state index is 12.6. The Morgan fingerprint density at radius 1 is 1.42 bits per heavy atom. The minimum Gasteiger partial charge on any atom is -0.247 e. The van der Waals surface area contributed by atoms with Crippen LogP contribution in [0.3, 0.4) is 0 Å². The van der Waals surface area contributed by atoms with Crippen molar-refractivity contribution in [1.29, 1.82) is 0 Å². The Hall–Kier alpha value is -0.810.